The van der Waals surface area contributed by atoms with Gasteiger partial charge < -0.3 is 10.1 Å². The second-order valence-corrected chi connectivity index (χ2v) is 5.32. The molecule has 102 valence electrons. The molecular formula is C15H24ClNO. The lowest BCUT2D eigenvalue weighted by atomic mass is 10.1. The van der Waals surface area contributed by atoms with Crippen molar-refractivity contribution in [1.29, 1.82) is 0 Å². The van der Waals surface area contributed by atoms with Crippen LogP contribution in [0.25, 0.3) is 0 Å². The zero-order valence-electron chi connectivity index (χ0n) is 11.8. The van der Waals surface area contributed by atoms with Gasteiger partial charge in [0.25, 0.3) is 0 Å². The van der Waals surface area contributed by atoms with Crippen LogP contribution in [0.5, 0.6) is 0 Å². The van der Waals surface area contributed by atoms with E-state index in [1.54, 1.807) is 0 Å². The van der Waals surface area contributed by atoms with Crippen LogP contribution in [-0.4, -0.2) is 19.3 Å². The van der Waals surface area contributed by atoms with Crippen molar-refractivity contribution in [2.75, 3.05) is 13.2 Å². The Hall–Kier alpha value is -0.570. The quantitative estimate of drug-likeness (QED) is 0.804. The zero-order chi connectivity index (χ0) is 13.5. The summed E-state index contributed by atoms with van der Waals surface area (Å²) in [5, 5.41) is 4.31. The number of aryl methyl sites for hydroxylation is 1. The first-order chi connectivity index (χ1) is 8.54. The van der Waals surface area contributed by atoms with Gasteiger partial charge in [0.1, 0.15) is 0 Å². The number of halogens is 1. The first-order valence-electron chi connectivity index (χ1n) is 6.65. The fourth-order valence-corrected chi connectivity index (χ4v) is 2.15. The second kappa shape index (κ2) is 7.78. The predicted octanol–water partition coefficient (Wildman–Crippen LogP) is 4.11. The Balaban J connectivity index is 2.79. The maximum Gasteiger partial charge on any atom is 0.0665 e. The summed E-state index contributed by atoms with van der Waals surface area (Å²) < 4.78 is 5.72. The molecule has 0 fully saturated rings. The molecule has 2 nitrogen and oxygen atoms in total. The maximum atomic E-state index is 6.32. The average Bonchev–Trinajstić information content (AvgIpc) is 2.30. The highest BCUT2D eigenvalue weighted by Crippen LogP contribution is 2.24. The van der Waals surface area contributed by atoms with Gasteiger partial charge in [0.05, 0.1) is 18.8 Å². The van der Waals surface area contributed by atoms with Crippen molar-refractivity contribution in [1.82, 2.24) is 5.32 Å². The molecule has 3 heteroatoms. The number of rotatable bonds is 7. The van der Waals surface area contributed by atoms with E-state index in [0.717, 1.165) is 23.6 Å². The van der Waals surface area contributed by atoms with Crippen LogP contribution in [0, 0.1) is 6.92 Å². The van der Waals surface area contributed by atoms with Gasteiger partial charge in [-0.2, -0.15) is 0 Å². The minimum Gasteiger partial charge on any atom is -0.377 e. The Morgan fingerprint density at radius 1 is 1.33 bits per heavy atom. The van der Waals surface area contributed by atoms with Crippen LogP contribution in [0.4, 0.5) is 0 Å². The summed E-state index contributed by atoms with van der Waals surface area (Å²) in [5.41, 5.74) is 2.30. The molecule has 0 saturated heterocycles. The molecule has 0 amide bonds. The molecule has 0 saturated carbocycles. The third-order valence-corrected chi connectivity index (χ3v) is 3.10. The first kappa shape index (κ1) is 15.5. The van der Waals surface area contributed by atoms with Gasteiger partial charge in [0.2, 0.25) is 0 Å². The Labute approximate surface area is 116 Å². The van der Waals surface area contributed by atoms with E-state index < -0.39 is 0 Å². The van der Waals surface area contributed by atoms with E-state index in [-0.39, 0.29) is 12.1 Å². The third-order valence-electron chi connectivity index (χ3n) is 2.77. The van der Waals surface area contributed by atoms with Gasteiger partial charge in [0, 0.05) is 5.02 Å². The summed E-state index contributed by atoms with van der Waals surface area (Å²) in [5.74, 6) is 0. The lowest BCUT2D eigenvalue weighted by Gasteiger charge is -2.21. The fourth-order valence-electron chi connectivity index (χ4n) is 1.78. The minimum absolute atomic E-state index is 0.167. The highest BCUT2D eigenvalue weighted by molar-refractivity contribution is 6.31. The minimum atomic E-state index is 0.167. The van der Waals surface area contributed by atoms with E-state index in [4.69, 9.17) is 16.3 Å². The van der Waals surface area contributed by atoms with Gasteiger partial charge in [-0.15, -0.1) is 0 Å². The molecule has 1 rings (SSSR count). The van der Waals surface area contributed by atoms with Crippen molar-refractivity contribution in [3.05, 3.63) is 34.3 Å². The lowest BCUT2D eigenvalue weighted by molar-refractivity contribution is 0.0611. The summed E-state index contributed by atoms with van der Waals surface area (Å²) in [6.45, 7) is 9.93. The predicted molar refractivity (Wildman–Crippen MR) is 78.3 cm³/mol. The van der Waals surface area contributed by atoms with Crippen molar-refractivity contribution in [2.24, 2.45) is 0 Å². The molecule has 0 aromatic heterocycles. The molecule has 0 radical (unpaired) electrons. The van der Waals surface area contributed by atoms with Crippen molar-refractivity contribution in [3.63, 3.8) is 0 Å². The SMILES string of the molecule is CCCNC(COC(C)C)c1ccc(C)cc1Cl. The molecule has 1 aromatic carbocycles. The molecule has 0 bridgehead atoms. The Bertz CT molecular complexity index is 366. The van der Waals surface area contributed by atoms with Crippen molar-refractivity contribution >= 4 is 11.6 Å². The summed E-state index contributed by atoms with van der Waals surface area (Å²) in [4.78, 5) is 0. The molecule has 1 atom stereocenters. The van der Waals surface area contributed by atoms with E-state index in [9.17, 15) is 0 Å². The van der Waals surface area contributed by atoms with Crippen LogP contribution >= 0.6 is 11.6 Å². The topological polar surface area (TPSA) is 21.3 Å². The van der Waals surface area contributed by atoms with E-state index in [1.807, 2.05) is 19.9 Å². The second-order valence-electron chi connectivity index (χ2n) is 4.91. The van der Waals surface area contributed by atoms with E-state index in [2.05, 4.69) is 31.3 Å². The molecule has 0 heterocycles. The first-order valence-corrected chi connectivity index (χ1v) is 7.03. The molecule has 1 aromatic rings. The largest absolute Gasteiger partial charge is 0.377 e. The summed E-state index contributed by atoms with van der Waals surface area (Å²) in [7, 11) is 0. The Morgan fingerprint density at radius 3 is 2.61 bits per heavy atom. The smallest absolute Gasteiger partial charge is 0.0665 e. The number of benzene rings is 1. The van der Waals surface area contributed by atoms with Crippen molar-refractivity contribution < 1.29 is 4.74 Å². The molecule has 0 aliphatic carbocycles. The summed E-state index contributed by atoms with van der Waals surface area (Å²) in [6, 6.07) is 6.36. The van der Waals surface area contributed by atoms with Gasteiger partial charge in [-0.25, -0.2) is 0 Å². The Morgan fingerprint density at radius 2 is 2.06 bits per heavy atom. The van der Waals surface area contributed by atoms with E-state index >= 15 is 0 Å². The normalized spacial score (nSPS) is 13.0. The van der Waals surface area contributed by atoms with E-state index in [1.165, 1.54) is 5.56 Å². The number of nitrogens with one attached hydrogen (secondary N) is 1. The summed E-state index contributed by atoms with van der Waals surface area (Å²) in [6.07, 6.45) is 1.34. The molecule has 0 aliphatic rings. The molecular weight excluding hydrogens is 246 g/mol. The number of hydrogen-bond donors (Lipinski definition) is 1. The summed E-state index contributed by atoms with van der Waals surface area (Å²) >= 11 is 6.32. The zero-order valence-corrected chi connectivity index (χ0v) is 12.6. The van der Waals surface area contributed by atoms with Crippen molar-refractivity contribution in [2.45, 2.75) is 46.3 Å². The molecule has 0 spiro atoms. The standard InChI is InChI=1S/C15H24ClNO/c1-5-8-17-15(10-18-11(2)3)13-7-6-12(4)9-14(13)16/h6-7,9,11,15,17H,5,8,10H2,1-4H3. The van der Waals surface area contributed by atoms with Crippen LogP contribution in [0.15, 0.2) is 18.2 Å². The van der Waals surface area contributed by atoms with Crippen LogP contribution < -0.4 is 5.32 Å². The lowest BCUT2D eigenvalue weighted by Crippen LogP contribution is -2.27. The van der Waals surface area contributed by atoms with Crippen LogP contribution in [0.2, 0.25) is 5.02 Å². The van der Waals surface area contributed by atoms with Gasteiger partial charge >= 0.3 is 0 Å². The van der Waals surface area contributed by atoms with E-state index in [0.29, 0.717) is 6.61 Å². The molecule has 1 unspecified atom stereocenters. The van der Waals surface area contributed by atoms with Gasteiger partial charge in [-0.3, -0.25) is 0 Å². The van der Waals surface area contributed by atoms with Gasteiger partial charge in [0.15, 0.2) is 0 Å². The van der Waals surface area contributed by atoms with Gasteiger partial charge in [-0.1, -0.05) is 30.7 Å². The highest BCUT2D eigenvalue weighted by Gasteiger charge is 2.15. The molecule has 0 aliphatic heterocycles. The number of hydrogen-bond acceptors (Lipinski definition) is 2. The maximum absolute atomic E-state index is 6.32. The van der Waals surface area contributed by atoms with Crippen LogP contribution in [-0.2, 0) is 4.74 Å². The fraction of sp³-hybridized carbons (Fsp3) is 0.600. The average molecular weight is 270 g/mol. The molecule has 1 N–H and O–H groups in total. The third kappa shape index (κ3) is 4.97. The van der Waals surface area contributed by atoms with Crippen molar-refractivity contribution in [3.8, 4) is 0 Å². The Kier molecular flexibility index (Phi) is 6.69. The van der Waals surface area contributed by atoms with Crippen LogP contribution in [0.1, 0.15) is 44.4 Å². The van der Waals surface area contributed by atoms with Crippen LogP contribution in [0.3, 0.4) is 0 Å². The van der Waals surface area contributed by atoms with Gasteiger partial charge in [-0.05, 0) is 50.9 Å². The monoisotopic (exact) mass is 269 g/mol. The molecule has 18 heavy (non-hydrogen) atoms. The number of ether oxygens (including phenoxy) is 1. The highest BCUT2D eigenvalue weighted by atomic mass is 35.5.